The second-order valence-corrected chi connectivity index (χ2v) is 7.86. The third-order valence-corrected chi connectivity index (χ3v) is 5.57. The van der Waals surface area contributed by atoms with Gasteiger partial charge in [-0.15, -0.1) is 11.8 Å². The van der Waals surface area contributed by atoms with Crippen LogP contribution in [0.1, 0.15) is 10.4 Å². The van der Waals surface area contributed by atoms with Crippen LogP contribution in [-0.4, -0.2) is 23.4 Å². The molecule has 28 heavy (non-hydrogen) atoms. The highest BCUT2D eigenvalue weighted by Crippen LogP contribution is 2.28. The summed E-state index contributed by atoms with van der Waals surface area (Å²) in [4.78, 5) is 13.4. The van der Waals surface area contributed by atoms with Crippen molar-refractivity contribution in [3.63, 3.8) is 0 Å². The molecule has 0 saturated carbocycles. The van der Waals surface area contributed by atoms with Crippen molar-refractivity contribution in [3.05, 3.63) is 88.4 Å². The van der Waals surface area contributed by atoms with Crippen molar-refractivity contribution in [1.82, 2.24) is 0 Å². The van der Waals surface area contributed by atoms with Gasteiger partial charge in [-0.1, -0.05) is 47.5 Å². The third-order valence-electron chi connectivity index (χ3n) is 3.94. The zero-order valence-corrected chi connectivity index (χ0v) is 17.1. The standard InChI is InChI=1S/C21H18Cl2N2O2S/c22-15-9-11-16(12-10-15)25(27)13-14-28-20-8-4-3-7-19(20)24-21(26)17-5-1-2-6-18(17)23/h1-12,27H,13-14H2,(H,24,26). The normalized spacial score (nSPS) is 10.5. The summed E-state index contributed by atoms with van der Waals surface area (Å²) in [7, 11) is 0. The van der Waals surface area contributed by atoms with Gasteiger partial charge in [-0.05, 0) is 48.5 Å². The summed E-state index contributed by atoms with van der Waals surface area (Å²) in [6.07, 6.45) is 0. The number of anilines is 2. The van der Waals surface area contributed by atoms with Crippen LogP contribution in [0.2, 0.25) is 10.0 Å². The summed E-state index contributed by atoms with van der Waals surface area (Å²) in [5, 5.41) is 15.3. The van der Waals surface area contributed by atoms with Gasteiger partial charge in [0.05, 0.1) is 28.5 Å². The lowest BCUT2D eigenvalue weighted by Crippen LogP contribution is -2.21. The Bertz CT molecular complexity index is 951. The van der Waals surface area contributed by atoms with Crippen molar-refractivity contribution in [2.24, 2.45) is 0 Å². The van der Waals surface area contributed by atoms with E-state index in [0.29, 0.717) is 39.3 Å². The SMILES string of the molecule is O=C(Nc1ccccc1SCCN(O)c1ccc(Cl)cc1)c1ccccc1Cl. The zero-order valence-electron chi connectivity index (χ0n) is 14.8. The number of hydrogen-bond donors (Lipinski definition) is 2. The molecule has 0 aromatic heterocycles. The van der Waals surface area contributed by atoms with Gasteiger partial charge in [0.2, 0.25) is 0 Å². The highest BCUT2D eigenvalue weighted by atomic mass is 35.5. The molecule has 4 nitrogen and oxygen atoms in total. The molecule has 0 aliphatic heterocycles. The van der Waals surface area contributed by atoms with Crippen LogP contribution in [-0.2, 0) is 0 Å². The maximum Gasteiger partial charge on any atom is 0.257 e. The largest absolute Gasteiger partial charge is 0.321 e. The monoisotopic (exact) mass is 432 g/mol. The minimum Gasteiger partial charge on any atom is -0.321 e. The van der Waals surface area contributed by atoms with Crippen LogP contribution in [0.3, 0.4) is 0 Å². The first-order valence-corrected chi connectivity index (χ1v) is 10.3. The lowest BCUT2D eigenvalue weighted by atomic mass is 10.2. The van der Waals surface area contributed by atoms with Crippen molar-refractivity contribution in [3.8, 4) is 0 Å². The van der Waals surface area contributed by atoms with Crippen molar-refractivity contribution in [2.75, 3.05) is 22.7 Å². The minimum absolute atomic E-state index is 0.261. The van der Waals surface area contributed by atoms with E-state index >= 15 is 0 Å². The predicted octanol–water partition coefficient (Wildman–Crippen LogP) is 6.23. The summed E-state index contributed by atoms with van der Waals surface area (Å²) < 4.78 is 0. The van der Waals surface area contributed by atoms with Crippen molar-refractivity contribution in [2.45, 2.75) is 4.90 Å². The van der Waals surface area contributed by atoms with E-state index in [9.17, 15) is 10.0 Å². The summed E-state index contributed by atoms with van der Waals surface area (Å²) in [5.74, 6) is 0.363. The minimum atomic E-state index is -0.261. The average Bonchev–Trinajstić information content (AvgIpc) is 2.70. The van der Waals surface area contributed by atoms with Gasteiger partial charge in [-0.3, -0.25) is 15.1 Å². The van der Waals surface area contributed by atoms with E-state index < -0.39 is 0 Å². The van der Waals surface area contributed by atoms with Gasteiger partial charge in [-0.2, -0.15) is 0 Å². The fraction of sp³-hybridized carbons (Fsp3) is 0.0952. The molecule has 2 N–H and O–H groups in total. The van der Waals surface area contributed by atoms with Gasteiger partial charge >= 0.3 is 0 Å². The lowest BCUT2D eigenvalue weighted by molar-refractivity contribution is 0.102. The molecule has 0 aliphatic carbocycles. The summed E-state index contributed by atoms with van der Waals surface area (Å²) in [6.45, 7) is 0.416. The van der Waals surface area contributed by atoms with Crippen LogP contribution in [0.5, 0.6) is 0 Å². The van der Waals surface area contributed by atoms with Crippen LogP contribution in [0.15, 0.2) is 77.7 Å². The Morgan fingerprint density at radius 1 is 0.964 bits per heavy atom. The number of halogens is 2. The molecular weight excluding hydrogens is 415 g/mol. The number of rotatable bonds is 7. The number of carbonyl (C=O) groups is 1. The van der Waals surface area contributed by atoms with Crippen molar-refractivity contribution < 1.29 is 10.0 Å². The molecule has 7 heteroatoms. The van der Waals surface area contributed by atoms with Crippen LogP contribution in [0.25, 0.3) is 0 Å². The van der Waals surface area contributed by atoms with Gasteiger partial charge in [0.25, 0.3) is 5.91 Å². The van der Waals surface area contributed by atoms with E-state index in [2.05, 4.69) is 5.32 Å². The van der Waals surface area contributed by atoms with E-state index in [1.807, 2.05) is 24.3 Å². The fourth-order valence-corrected chi connectivity index (χ4v) is 3.80. The Morgan fingerprint density at radius 3 is 2.39 bits per heavy atom. The molecule has 0 spiro atoms. The van der Waals surface area contributed by atoms with Crippen molar-refractivity contribution >= 4 is 52.2 Å². The summed E-state index contributed by atoms with van der Waals surface area (Å²) in [6, 6.07) is 21.4. The molecule has 3 aromatic rings. The molecular formula is C21H18Cl2N2O2S. The van der Waals surface area contributed by atoms with E-state index in [1.165, 1.54) is 16.8 Å². The molecule has 3 aromatic carbocycles. The first-order valence-electron chi connectivity index (χ1n) is 8.54. The fourth-order valence-electron chi connectivity index (χ4n) is 2.52. The van der Waals surface area contributed by atoms with Crippen LogP contribution >= 0.6 is 35.0 Å². The molecule has 3 rings (SSSR count). The Morgan fingerprint density at radius 2 is 1.64 bits per heavy atom. The van der Waals surface area contributed by atoms with Crippen molar-refractivity contribution in [1.29, 1.82) is 0 Å². The Balaban J connectivity index is 1.61. The van der Waals surface area contributed by atoms with E-state index in [1.54, 1.807) is 48.5 Å². The number of carbonyl (C=O) groups excluding carboxylic acids is 1. The molecule has 0 unspecified atom stereocenters. The first-order chi connectivity index (χ1) is 13.5. The molecule has 0 aliphatic rings. The van der Waals surface area contributed by atoms with Gasteiger partial charge in [-0.25, -0.2) is 0 Å². The van der Waals surface area contributed by atoms with E-state index in [-0.39, 0.29) is 5.91 Å². The molecule has 0 saturated heterocycles. The van der Waals surface area contributed by atoms with Gasteiger partial charge in [0.15, 0.2) is 0 Å². The quantitative estimate of drug-likeness (QED) is 0.342. The zero-order chi connectivity index (χ0) is 19.9. The van der Waals surface area contributed by atoms with Crippen LogP contribution < -0.4 is 10.4 Å². The number of para-hydroxylation sites is 1. The molecule has 0 atom stereocenters. The molecule has 0 radical (unpaired) electrons. The summed E-state index contributed by atoms with van der Waals surface area (Å²) >= 11 is 13.5. The highest BCUT2D eigenvalue weighted by molar-refractivity contribution is 7.99. The third kappa shape index (κ3) is 5.42. The van der Waals surface area contributed by atoms with Gasteiger partial charge in [0, 0.05) is 15.7 Å². The van der Waals surface area contributed by atoms with Gasteiger partial charge < -0.3 is 5.32 Å². The number of thioether (sulfide) groups is 1. The van der Waals surface area contributed by atoms with Crippen LogP contribution in [0.4, 0.5) is 11.4 Å². The summed E-state index contributed by atoms with van der Waals surface area (Å²) in [5.41, 5.74) is 1.80. The van der Waals surface area contributed by atoms with E-state index in [4.69, 9.17) is 23.2 Å². The lowest BCUT2D eigenvalue weighted by Gasteiger charge is -2.17. The number of nitrogens with zero attached hydrogens (tertiary/aromatic N) is 1. The molecule has 1 amide bonds. The van der Waals surface area contributed by atoms with E-state index in [0.717, 1.165) is 4.90 Å². The Kier molecular flexibility index (Phi) is 7.23. The molecule has 144 valence electrons. The molecule has 0 bridgehead atoms. The number of hydrogen-bond acceptors (Lipinski definition) is 4. The predicted molar refractivity (Wildman–Crippen MR) is 117 cm³/mol. The number of benzene rings is 3. The van der Waals surface area contributed by atoms with Crippen LogP contribution in [0, 0.1) is 0 Å². The average molecular weight is 433 g/mol. The topological polar surface area (TPSA) is 52.6 Å². The Labute approximate surface area is 178 Å². The smallest absolute Gasteiger partial charge is 0.257 e. The second kappa shape index (κ2) is 9.85. The first kappa shape index (κ1) is 20.6. The maximum atomic E-state index is 12.5. The number of nitrogens with one attached hydrogen (secondary N) is 1. The van der Waals surface area contributed by atoms with Gasteiger partial charge in [0.1, 0.15) is 0 Å². The second-order valence-electron chi connectivity index (χ2n) is 5.88. The maximum absolute atomic E-state index is 12.5. The molecule has 0 heterocycles. The molecule has 0 fully saturated rings. The number of amides is 1. The highest BCUT2D eigenvalue weighted by Gasteiger charge is 2.12. The Hall–Kier alpha value is -2.18. The number of hydroxylamine groups is 1.